The van der Waals surface area contributed by atoms with Crippen molar-refractivity contribution in [1.29, 1.82) is 0 Å². The lowest BCUT2D eigenvalue weighted by Crippen LogP contribution is -2.45. The quantitative estimate of drug-likeness (QED) is 0.553. The summed E-state index contributed by atoms with van der Waals surface area (Å²) in [5, 5.41) is 9.80. The van der Waals surface area contributed by atoms with E-state index in [1.165, 1.54) is 0 Å². The van der Waals surface area contributed by atoms with Crippen molar-refractivity contribution in [3.63, 3.8) is 0 Å². The van der Waals surface area contributed by atoms with Crippen molar-refractivity contribution in [2.24, 2.45) is 0 Å². The van der Waals surface area contributed by atoms with E-state index in [2.05, 4.69) is 40.2 Å². The van der Waals surface area contributed by atoms with Crippen LogP contribution in [-0.2, 0) is 4.79 Å². The summed E-state index contributed by atoms with van der Waals surface area (Å²) in [4.78, 5) is 13.1. The van der Waals surface area contributed by atoms with Gasteiger partial charge in [0.1, 0.15) is 0 Å². The monoisotopic (exact) mass is 399 g/mol. The molecule has 0 aliphatic carbocycles. The molecule has 5 heteroatoms. The molecular formula is C24H21N3OS. The number of hydrogen-bond acceptors (Lipinski definition) is 2. The summed E-state index contributed by atoms with van der Waals surface area (Å²) in [6.07, 6.45) is 0. The molecule has 3 aromatic carbocycles. The zero-order valence-electron chi connectivity index (χ0n) is 16.0. The van der Waals surface area contributed by atoms with Gasteiger partial charge in [0.25, 0.3) is 5.91 Å². The number of amides is 1. The van der Waals surface area contributed by atoms with Crippen LogP contribution in [0, 0.1) is 0 Å². The number of rotatable bonds is 4. The Morgan fingerprint density at radius 1 is 0.862 bits per heavy atom. The zero-order valence-corrected chi connectivity index (χ0v) is 16.8. The molecule has 3 aromatic rings. The second kappa shape index (κ2) is 8.29. The van der Waals surface area contributed by atoms with Gasteiger partial charge in [-0.2, -0.15) is 0 Å². The summed E-state index contributed by atoms with van der Waals surface area (Å²) in [7, 11) is 0. The third kappa shape index (κ3) is 4.20. The molecule has 0 saturated heterocycles. The van der Waals surface area contributed by atoms with Crippen molar-refractivity contribution in [2.45, 2.75) is 13.0 Å². The van der Waals surface area contributed by atoms with Gasteiger partial charge in [0, 0.05) is 11.4 Å². The molecule has 4 nitrogen and oxygen atoms in total. The molecule has 1 aliphatic heterocycles. The molecule has 0 unspecified atom stereocenters. The van der Waals surface area contributed by atoms with E-state index in [-0.39, 0.29) is 11.9 Å². The van der Waals surface area contributed by atoms with Crippen LogP contribution in [0.2, 0.25) is 0 Å². The lowest BCUT2D eigenvalue weighted by atomic mass is 9.93. The highest BCUT2D eigenvalue weighted by Gasteiger charge is 2.29. The summed E-state index contributed by atoms with van der Waals surface area (Å²) >= 11 is 5.34. The van der Waals surface area contributed by atoms with Crippen molar-refractivity contribution in [3.8, 4) is 11.1 Å². The van der Waals surface area contributed by atoms with Crippen LogP contribution in [0.1, 0.15) is 18.5 Å². The van der Waals surface area contributed by atoms with Crippen LogP contribution in [-0.4, -0.2) is 11.0 Å². The predicted molar refractivity (Wildman–Crippen MR) is 121 cm³/mol. The van der Waals surface area contributed by atoms with Gasteiger partial charge in [-0.15, -0.1) is 0 Å². The van der Waals surface area contributed by atoms with E-state index in [4.69, 9.17) is 12.2 Å². The SMILES string of the molecule is CC1=C(C(=O)Nc2ccccc2)[C@H](c2ccc(-c3ccccc3)cc2)NC(=S)N1. The lowest BCUT2D eigenvalue weighted by Gasteiger charge is -2.30. The topological polar surface area (TPSA) is 53.2 Å². The van der Waals surface area contributed by atoms with Crippen LogP contribution >= 0.6 is 12.2 Å². The summed E-state index contributed by atoms with van der Waals surface area (Å²) < 4.78 is 0. The molecule has 29 heavy (non-hydrogen) atoms. The first-order chi connectivity index (χ1) is 14.1. The van der Waals surface area contributed by atoms with E-state index in [1.54, 1.807) is 0 Å². The van der Waals surface area contributed by atoms with E-state index in [0.29, 0.717) is 10.7 Å². The molecule has 1 amide bonds. The van der Waals surface area contributed by atoms with Gasteiger partial charge in [-0.05, 0) is 48.0 Å². The van der Waals surface area contributed by atoms with E-state index < -0.39 is 0 Å². The van der Waals surface area contributed by atoms with Crippen molar-refractivity contribution in [2.75, 3.05) is 5.32 Å². The van der Waals surface area contributed by atoms with Crippen LogP contribution in [0.4, 0.5) is 5.69 Å². The number of hydrogen-bond donors (Lipinski definition) is 3. The molecule has 144 valence electrons. The van der Waals surface area contributed by atoms with Gasteiger partial charge in [-0.1, -0.05) is 72.8 Å². The summed E-state index contributed by atoms with van der Waals surface area (Å²) in [6.45, 7) is 1.87. The molecule has 4 rings (SSSR count). The molecule has 0 aromatic heterocycles. The van der Waals surface area contributed by atoms with E-state index >= 15 is 0 Å². The molecule has 1 heterocycles. The fraction of sp³-hybridized carbons (Fsp3) is 0.0833. The number of allylic oxidation sites excluding steroid dienone is 1. The second-order valence-electron chi connectivity index (χ2n) is 6.88. The smallest absolute Gasteiger partial charge is 0.255 e. The molecule has 0 radical (unpaired) electrons. The average Bonchev–Trinajstić information content (AvgIpc) is 2.74. The van der Waals surface area contributed by atoms with Gasteiger partial charge in [0.2, 0.25) is 0 Å². The normalized spacial score (nSPS) is 16.0. The number of nitrogens with one attached hydrogen (secondary N) is 3. The molecule has 0 saturated carbocycles. The van der Waals surface area contributed by atoms with Crippen LogP contribution in [0.15, 0.2) is 96.2 Å². The van der Waals surface area contributed by atoms with Crippen LogP contribution in [0.3, 0.4) is 0 Å². The highest BCUT2D eigenvalue weighted by atomic mass is 32.1. The van der Waals surface area contributed by atoms with E-state index in [0.717, 1.165) is 28.1 Å². The fourth-order valence-corrected chi connectivity index (χ4v) is 3.73. The molecule has 1 atom stereocenters. The van der Waals surface area contributed by atoms with Gasteiger partial charge < -0.3 is 16.0 Å². The highest BCUT2D eigenvalue weighted by molar-refractivity contribution is 7.80. The van der Waals surface area contributed by atoms with Gasteiger partial charge in [0.05, 0.1) is 11.6 Å². The Bertz CT molecular complexity index is 1060. The molecular weight excluding hydrogens is 378 g/mol. The molecule has 0 spiro atoms. The van der Waals surface area contributed by atoms with Crippen molar-refractivity contribution >= 4 is 28.9 Å². The molecule has 3 N–H and O–H groups in total. The number of anilines is 1. The van der Waals surface area contributed by atoms with E-state index in [1.807, 2.05) is 67.6 Å². The minimum atomic E-state index is -0.322. The standard InChI is InChI=1S/C24H21N3OS/c1-16-21(23(28)26-20-10-6-3-7-11-20)22(27-24(29)25-16)19-14-12-18(13-15-19)17-8-4-2-5-9-17/h2-15,22H,1H3,(H,26,28)(H2,25,27,29)/t22-/m0/s1. The number of para-hydroxylation sites is 1. The Morgan fingerprint density at radius 2 is 1.45 bits per heavy atom. The van der Waals surface area contributed by atoms with E-state index in [9.17, 15) is 4.79 Å². The van der Waals surface area contributed by atoms with Crippen molar-refractivity contribution < 1.29 is 4.79 Å². The lowest BCUT2D eigenvalue weighted by molar-refractivity contribution is -0.113. The number of thiocarbonyl (C=S) groups is 1. The third-order valence-electron chi connectivity index (χ3n) is 4.90. The second-order valence-corrected chi connectivity index (χ2v) is 7.29. The number of carbonyl (C=O) groups excluding carboxylic acids is 1. The maximum Gasteiger partial charge on any atom is 0.255 e. The summed E-state index contributed by atoms with van der Waals surface area (Å²) in [5.74, 6) is -0.159. The Hall–Kier alpha value is -3.44. The minimum Gasteiger partial charge on any atom is -0.351 e. The Labute approximate surface area is 175 Å². The van der Waals surface area contributed by atoms with Gasteiger partial charge in [-0.25, -0.2) is 0 Å². The molecule has 0 fully saturated rings. The number of benzene rings is 3. The minimum absolute atomic E-state index is 0.159. The first-order valence-corrected chi connectivity index (χ1v) is 9.83. The number of carbonyl (C=O) groups is 1. The molecule has 0 bridgehead atoms. The fourth-order valence-electron chi connectivity index (χ4n) is 3.46. The Morgan fingerprint density at radius 3 is 2.10 bits per heavy atom. The summed E-state index contributed by atoms with van der Waals surface area (Å²) in [6, 6.07) is 27.5. The maximum absolute atomic E-state index is 13.1. The van der Waals surface area contributed by atoms with Crippen LogP contribution in [0.5, 0.6) is 0 Å². The zero-order chi connectivity index (χ0) is 20.2. The molecule has 1 aliphatic rings. The van der Waals surface area contributed by atoms with Crippen molar-refractivity contribution in [3.05, 3.63) is 102 Å². The van der Waals surface area contributed by atoms with Crippen LogP contribution < -0.4 is 16.0 Å². The highest BCUT2D eigenvalue weighted by Crippen LogP contribution is 2.29. The Kier molecular flexibility index (Phi) is 5.40. The van der Waals surface area contributed by atoms with Gasteiger partial charge >= 0.3 is 0 Å². The van der Waals surface area contributed by atoms with Gasteiger partial charge in [-0.3, -0.25) is 4.79 Å². The average molecular weight is 400 g/mol. The third-order valence-corrected chi connectivity index (χ3v) is 5.12. The summed E-state index contributed by atoms with van der Waals surface area (Å²) in [5.41, 5.74) is 5.38. The largest absolute Gasteiger partial charge is 0.351 e. The first-order valence-electron chi connectivity index (χ1n) is 9.42. The van der Waals surface area contributed by atoms with Crippen LogP contribution in [0.25, 0.3) is 11.1 Å². The Balaban J connectivity index is 1.64. The predicted octanol–water partition coefficient (Wildman–Crippen LogP) is 4.79. The first kappa shape index (κ1) is 18.9. The van der Waals surface area contributed by atoms with Gasteiger partial charge in [0.15, 0.2) is 5.11 Å². The van der Waals surface area contributed by atoms with Crippen molar-refractivity contribution in [1.82, 2.24) is 10.6 Å². The maximum atomic E-state index is 13.1.